The van der Waals surface area contributed by atoms with Crippen molar-refractivity contribution in [1.82, 2.24) is 4.98 Å². The van der Waals surface area contributed by atoms with Crippen LogP contribution in [-0.2, 0) is 4.74 Å². The maximum absolute atomic E-state index is 5.51. The summed E-state index contributed by atoms with van der Waals surface area (Å²) in [6.07, 6.45) is 1.45. The van der Waals surface area contributed by atoms with Crippen molar-refractivity contribution in [3.63, 3.8) is 0 Å². The highest BCUT2D eigenvalue weighted by atomic mass is 16.5. The van der Waals surface area contributed by atoms with Crippen molar-refractivity contribution in [2.24, 2.45) is 11.8 Å². The maximum atomic E-state index is 5.51. The predicted molar refractivity (Wildman–Crippen MR) is 64.1 cm³/mol. The maximum Gasteiger partial charge on any atom is 0.142 e. The molecule has 1 saturated heterocycles. The second-order valence-electron chi connectivity index (χ2n) is 4.06. The third-order valence-corrected chi connectivity index (χ3v) is 2.98. The lowest BCUT2D eigenvalue weighted by atomic mass is 10.0. The molecule has 1 aliphatic heterocycles. The fourth-order valence-electron chi connectivity index (χ4n) is 1.89. The van der Waals surface area contributed by atoms with Crippen molar-refractivity contribution in [3.05, 3.63) is 18.2 Å². The number of anilines is 2. The van der Waals surface area contributed by atoms with Crippen molar-refractivity contribution in [3.8, 4) is 0 Å². The number of hydrogen-bond donors (Lipinski definition) is 3. The Morgan fingerprint density at radius 3 is 3.00 bits per heavy atom. The number of rotatable bonds is 4. The highest BCUT2D eigenvalue weighted by molar-refractivity contribution is 5.44. The van der Waals surface area contributed by atoms with Crippen LogP contribution in [-0.4, -0.2) is 24.2 Å². The van der Waals surface area contributed by atoms with E-state index in [2.05, 4.69) is 22.7 Å². The molecule has 88 valence electrons. The highest BCUT2D eigenvalue weighted by Crippen LogP contribution is 2.20. The van der Waals surface area contributed by atoms with Crippen molar-refractivity contribution < 1.29 is 4.74 Å². The van der Waals surface area contributed by atoms with Gasteiger partial charge in [0.05, 0.1) is 6.10 Å². The Bertz CT molecular complexity index is 345. The van der Waals surface area contributed by atoms with Gasteiger partial charge < -0.3 is 15.5 Å². The number of ether oxygens (including phenoxy) is 1. The summed E-state index contributed by atoms with van der Waals surface area (Å²) in [4.78, 5) is 4.29. The summed E-state index contributed by atoms with van der Waals surface area (Å²) in [6.45, 7) is 3.87. The van der Waals surface area contributed by atoms with E-state index in [1.165, 1.54) is 0 Å². The Labute approximate surface area is 95.4 Å². The van der Waals surface area contributed by atoms with Crippen molar-refractivity contribution in [1.29, 1.82) is 0 Å². The lowest BCUT2D eigenvalue weighted by Gasteiger charge is -2.15. The summed E-state index contributed by atoms with van der Waals surface area (Å²) in [5.41, 5.74) is 2.53. The molecular weight excluding hydrogens is 204 g/mol. The van der Waals surface area contributed by atoms with E-state index in [1.54, 1.807) is 0 Å². The minimum Gasteiger partial charge on any atom is -0.378 e. The first-order valence-electron chi connectivity index (χ1n) is 5.59. The van der Waals surface area contributed by atoms with Crippen LogP contribution < -0.4 is 16.6 Å². The second kappa shape index (κ2) is 5.14. The number of hydrogen-bond acceptors (Lipinski definition) is 5. The fraction of sp³-hybridized carbons (Fsp3) is 0.545. The smallest absolute Gasteiger partial charge is 0.142 e. The van der Waals surface area contributed by atoms with Gasteiger partial charge in [-0.25, -0.2) is 10.8 Å². The largest absolute Gasteiger partial charge is 0.378 e. The highest BCUT2D eigenvalue weighted by Gasteiger charge is 2.23. The Hall–Kier alpha value is -1.33. The van der Waals surface area contributed by atoms with Gasteiger partial charge in [-0.3, -0.25) is 0 Å². The molecule has 16 heavy (non-hydrogen) atoms. The lowest BCUT2D eigenvalue weighted by Crippen LogP contribution is -2.21. The molecule has 5 heteroatoms. The monoisotopic (exact) mass is 222 g/mol. The van der Waals surface area contributed by atoms with Gasteiger partial charge in [0.25, 0.3) is 0 Å². The molecule has 0 bridgehead atoms. The zero-order valence-corrected chi connectivity index (χ0v) is 9.44. The molecule has 4 N–H and O–H groups in total. The summed E-state index contributed by atoms with van der Waals surface area (Å²) >= 11 is 0. The lowest BCUT2D eigenvalue weighted by molar-refractivity contribution is 0.108. The van der Waals surface area contributed by atoms with Gasteiger partial charge in [-0.15, -0.1) is 0 Å². The van der Waals surface area contributed by atoms with Gasteiger partial charge in [-0.05, 0) is 25.5 Å². The third kappa shape index (κ3) is 2.62. The van der Waals surface area contributed by atoms with Crippen LogP contribution in [0.3, 0.4) is 0 Å². The van der Waals surface area contributed by atoms with E-state index in [1.807, 2.05) is 18.2 Å². The quantitative estimate of drug-likeness (QED) is 0.527. The first kappa shape index (κ1) is 11.2. The molecule has 5 nitrogen and oxygen atoms in total. The molecule has 2 rings (SSSR count). The molecule has 1 aliphatic rings. The van der Waals surface area contributed by atoms with E-state index >= 15 is 0 Å². The van der Waals surface area contributed by atoms with E-state index in [9.17, 15) is 0 Å². The molecule has 1 aromatic rings. The summed E-state index contributed by atoms with van der Waals surface area (Å²) in [7, 11) is 0. The van der Waals surface area contributed by atoms with Crippen LogP contribution in [0.4, 0.5) is 11.6 Å². The molecule has 0 radical (unpaired) electrons. The van der Waals surface area contributed by atoms with Gasteiger partial charge in [0, 0.05) is 19.1 Å². The number of pyridine rings is 1. The Morgan fingerprint density at radius 1 is 1.50 bits per heavy atom. The van der Waals surface area contributed by atoms with Gasteiger partial charge in [-0.1, -0.05) is 6.07 Å². The molecule has 2 unspecified atom stereocenters. The van der Waals surface area contributed by atoms with Crippen LogP contribution in [0.2, 0.25) is 0 Å². The van der Waals surface area contributed by atoms with E-state index in [-0.39, 0.29) is 0 Å². The fourth-order valence-corrected chi connectivity index (χ4v) is 1.89. The summed E-state index contributed by atoms with van der Waals surface area (Å²) in [5.74, 6) is 7.37. The Balaban J connectivity index is 1.88. The predicted octanol–water partition coefficient (Wildman–Crippen LogP) is 1.20. The molecular formula is C11H18N4O. The van der Waals surface area contributed by atoms with E-state index in [0.717, 1.165) is 25.4 Å². The molecule has 0 spiro atoms. The summed E-state index contributed by atoms with van der Waals surface area (Å²) in [5, 5.41) is 3.31. The molecule has 0 amide bonds. The number of nitrogens with zero attached hydrogens (tertiary/aromatic N) is 1. The SMILES string of the molecule is CC1OCCC1CNc1cccc(NN)n1. The zero-order chi connectivity index (χ0) is 11.4. The standard InChI is InChI=1S/C11H18N4O/c1-8-9(5-6-16-8)7-13-10-3-2-4-11(14-10)15-12/h2-4,8-9H,5-7,12H2,1H3,(H2,13,14,15). The Kier molecular flexibility index (Phi) is 3.58. The summed E-state index contributed by atoms with van der Waals surface area (Å²) in [6, 6.07) is 5.67. The van der Waals surface area contributed by atoms with Crippen LogP contribution in [0, 0.1) is 5.92 Å². The first-order valence-corrected chi connectivity index (χ1v) is 5.59. The van der Waals surface area contributed by atoms with Gasteiger partial charge in [-0.2, -0.15) is 0 Å². The van der Waals surface area contributed by atoms with Gasteiger partial charge in [0.1, 0.15) is 11.6 Å². The molecule has 1 fully saturated rings. The van der Waals surface area contributed by atoms with Crippen molar-refractivity contribution in [2.75, 3.05) is 23.9 Å². The number of nitrogens with one attached hydrogen (secondary N) is 2. The van der Waals surface area contributed by atoms with Crippen LogP contribution in [0.5, 0.6) is 0 Å². The second-order valence-corrected chi connectivity index (χ2v) is 4.06. The van der Waals surface area contributed by atoms with Crippen LogP contribution in [0.25, 0.3) is 0 Å². The first-order chi connectivity index (χ1) is 7.79. The number of hydrazine groups is 1. The van der Waals surface area contributed by atoms with Gasteiger partial charge in [0.2, 0.25) is 0 Å². The Morgan fingerprint density at radius 2 is 2.31 bits per heavy atom. The minimum absolute atomic E-state index is 0.336. The van der Waals surface area contributed by atoms with Gasteiger partial charge in [0.15, 0.2) is 0 Å². The molecule has 1 aromatic heterocycles. The van der Waals surface area contributed by atoms with Crippen LogP contribution in [0.15, 0.2) is 18.2 Å². The van der Waals surface area contributed by atoms with Crippen LogP contribution >= 0.6 is 0 Å². The molecule has 0 saturated carbocycles. The molecule has 0 aliphatic carbocycles. The molecule has 2 atom stereocenters. The average Bonchev–Trinajstić information content (AvgIpc) is 2.72. The van der Waals surface area contributed by atoms with Gasteiger partial charge >= 0.3 is 0 Å². The van der Waals surface area contributed by atoms with Crippen LogP contribution in [0.1, 0.15) is 13.3 Å². The van der Waals surface area contributed by atoms with Crippen molar-refractivity contribution >= 4 is 11.6 Å². The normalized spacial score (nSPS) is 24.4. The van der Waals surface area contributed by atoms with E-state index in [0.29, 0.717) is 17.8 Å². The molecule has 2 heterocycles. The molecule has 0 aromatic carbocycles. The van der Waals surface area contributed by atoms with E-state index < -0.39 is 0 Å². The minimum atomic E-state index is 0.336. The number of nitrogen functional groups attached to an aromatic ring is 1. The number of aromatic nitrogens is 1. The topological polar surface area (TPSA) is 72.2 Å². The summed E-state index contributed by atoms with van der Waals surface area (Å²) < 4.78 is 5.51. The number of nitrogens with two attached hydrogens (primary N) is 1. The average molecular weight is 222 g/mol. The van der Waals surface area contributed by atoms with E-state index in [4.69, 9.17) is 10.6 Å². The van der Waals surface area contributed by atoms with Crippen molar-refractivity contribution in [2.45, 2.75) is 19.4 Å². The zero-order valence-electron chi connectivity index (χ0n) is 9.44. The third-order valence-electron chi connectivity index (χ3n) is 2.98.